The maximum atomic E-state index is 12.1. The largest absolute Gasteiger partial charge is 0.507 e. The molecular weight excluding hydrogens is 322 g/mol. The fraction of sp³-hybridized carbons (Fsp3) is 0.533. The van der Waals surface area contributed by atoms with E-state index >= 15 is 0 Å². The Labute approximate surface area is 127 Å². The van der Waals surface area contributed by atoms with Crippen LogP contribution in [0.2, 0.25) is 0 Å². The number of phenols is 1. The summed E-state index contributed by atoms with van der Waals surface area (Å²) < 4.78 is 5.00. The van der Waals surface area contributed by atoms with Crippen molar-refractivity contribution in [3.63, 3.8) is 0 Å². The van der Waals surface area contributed by atoms with Gasteiger partial charge in [-0.2, -0.15) is 0 Å². The van der Waals surface area contributed by atoms with Gasteiger partial charge in [-0.3, -0.25) is 4.79 Å². The molecule has 5 heteroatoms. The van der Waals surface area contributed by atoms with Crippen LogP contribution in [0.25, 0.3) is 0 Å². The molecule has 2 rings (SSSR count). The summed E-state index contributed by atoms with van der Waals surface area (Å²) >= 11 is 3.68. The highest BCUT2D eigenvalue weighted by atomic mass is 79.9. The Morgan fingerprint density at radius 1 is 1.45 bits per heavy atom. The molecule has 1 aromatic rings. The van der Waals surface area contributed by atoms with Crippen molar-refractivity contribution in [3.05, 3.63) is 23.8 Å². The second-order valence-corrected chi connectivity index (χ2v) is 6.33. The highest BCUT2D eigenvalue weighted by Crippen LogP contribution is 2.29. The van der Waals surface area contributed by atoms with Gasteiger partial charge in [0.2, 0.25) is 0 Å². The van der Waals surface area contributed by atoms with Crippen LogP contribution < -0.4 is 10.1 Å². The Balaban J connectivity index is 1.94. The van der Waals surface area contributed by atoms with Gasteiger partial charge in [0.05, 0.1) is 12.7 Å². The van der Waals surface area contributed by atoms with Crippen molar-refractivity contribution < 1.29 is 14.6 Å². The molecule has 0 aromatic heterocycles. The van der Waals surface area contributed by atoms with Crippen molar-refractivity contribution in [1.29, 1.82) is 0 Å². The molecule has 110 valence electrons. The molecule has 2 atom stereocenters. The van der Waals surface area contributed by atoms with Gasteiger partial charge in [0.25, 0.3) is 5.91 Å². The lowest BCUT2D eigenvalue weighted by atomic mass is 9.89. The summed E-state index contributed by atoms with van der Waals surface area (Å²) in [5.41, 5.74) is 0.285. The summed E-state index contributed by atoms with van der Waals surface area (Å²) in [6.07, 6.45) is 4.76. The summed E-state index contributed by atoms with van der Waals surface area (Å²) in [6.45, 7) is 0.639. The van der Waals surface area contributed by atoms with Crippen LogP contribution in [0, 0.1) is 5.92 Å². The zero-order valence-corrected chi connectivity index (χ0v) is 13.1. The van der Waals surface area contributed by atoms with Crippen molar-refractivity contribution in [1.82, 2.24) is 5.32 Å². The Kier molecular flexibility index (Phi) is 5.29. The highest BCUT2D eigenvalue weighted by Gasteiger charge is 2.23. The predicted molar refractivity (Wildman–Crippen MR) is 81.7 cm³/mol. The van der Waals surface area contributed by atoms with Gasteiger partial charge < -0.3 is 15.2 Å². The Morgan fingerprint density at radius 3 is 2.85 bits per heavy atom. The summed E-state index contributed by atoms with van der Waals surface area (Å²) in [7, 11) is 1.52. The third-order valence-electron chi connectivity index (χ3n) is 3.79. The number of halogens is 1. The minimum absolute atomic E-state index is 0.0547. The number of ether oxygens (including phenoxy) is 1. The number of benzene rings is 1. The monoisotopic (exact) mass is 341 g/mol. The number of carbonyl (C=O) groups excluding carboxylic acids is 1. The minimum atomic E-state index is -0.240. The average Bonchev–Trinajstić information content (AvgIpc) is 2.46. The number of alkyl halides is 1. The van der Waals surface area contributed by atoms with Crippen molar-refractivity contribution in [2.75, 3.05) is 13.7 Å². The lowest BCUT2D eigenvalue weighted by Gasteiger charge is -2.27. The molecule has 1 aliphatic rings. The van der Waals surface area contributed by atoms with Gasteiger partial charge >= 0.3 is 0 Å². The lowest BCUT2D eigenvalue weighted by Crippen LogP contribution is -2.34. The molecule has 0 heterocycles. The van der Waals surface area contributed by atoms with Gasteiger partial charge in [-0.1, -0.05) is 28.8 Å². The van der Waals surface area contributed by atoms with Gasteiger partial charge in [0.1, 0.15) is 11.5 Å². The van der Waals surface area contributed by atoms with E-state index in [1.807, 2.05) is 0 Å². The van der Waals surface area contributed by atoms with Gasteiger partial charge in [-0.05, 0) is 30.9 Å². The zero-order valence-electron chi connectivity index (χ0n) is 11.6. The third kappa shape index (κ3) is 3.66. The highest BCUT2D eigenvalue weighted by molar-refractivity contribution is 9.09. The normalized spacial score (nSPS) is 22.3. The number of hydrogen-bond acceptors (Lipinski definition) is 3. The maximum absolute atomic E-state index is 12.1. The second kappa shape index (κ2) is 6.97. The third-order valence-corrected chi connectivity index (χ3v) is 5.00. The number of aromatic hydroxyl groups is 1. The first-order chi connectivity index (χ1) is 9.61. The van der Waals surface area contributed by atoms with E-state index in [4.69, 9.17) is 4.74 Å². The van der Waals surface area contributed by atoms with E-state index in [9.17, 15) is 9.90 Å². The van der Waals surface area contributed by atoms with Crippen LogP contribution in [-0.2, 0) is 0 Å². The van der Waals surface area contributed by atoms with E-state index in [1.165, 1.54) is 26.0 Å². The van der Waals surface area contributed by atoms with Crippen LogP contribution in [-0.4, -0.2) is 29.5 Å². The van der Waals surface area contributed by atoms with Crippen molar-refractivity contribution in [2.45, 2.75) is 30.5 Å². The van der Waals surface area contributed by atoms with Crippen molar-refractivity contribution in [3.8, 4) is 11.5 Å². The van der Waals surface area contributed by atoms with Crippen molar-refractivity contribution >= 4 is 21.8 Å². The van der Waals surface area contributed by atoms with E-state index < -0.39 is 0 Å². The maximum Gasteiger partial charge on any atom is 0.255 e. The van der Waals surface area contributed by atoms with Crippen molar-refractivity contribution in [2.24, 2.45) is 5.92 Å². The SMILES string of the molecule is COc1ccc(C(=O)NCC2CCCCC2Br)c(O)c1. The van der Waals surface area contributed by atoms with Gasteiger partial charge in [0, 0.05) is 17.4 Å². The van der Waals surface area contributed by atoms with E-state index in [0.717, 1.165) is 12.8 Å². The van der Waals surface area contributed by atoms with E-state index in [1.54, 1.807) is 12.1 Å². The summed E-state index contributed by atoms with van der Waals surface area (Å²) in [5.74, 6) is 0.705. The number of rotatable bonds is 4. The first-order valence-corrected chi connectivity index (χ1v) is 7.82. The molecule has 1 saturated carbocycles. The Hall–Kier alpha value is -1.23. The molecule has 1 aliphatic carbocycles. The summed E-state index contributed by atoms with van der Waals surface area (Å²) in [5, 5.41) is 12.7. The molecule has 2 N–H and O–H groups in total. The predicted octanol–water partition coefficient (Wildman–Crippen LogP) is 3.08. The molecule has 0 saturated heterocycles. The zero-order chi connectivity index (χ0) is 14.5. The molecule has 0 aliphatic heterocycles. The van der Waals surface area contributed by atoms with E-state index in [-0.39, 0.29) is 17.2 Å². The number of methoxy groups -OCH3 is 1. The molecule has 1 amide bonds. The Bertz CT molecular complexity index is 478. The van der Waals surface area contributed by atoms with Gasteiger partial charge in [-0.15, -0.1) is 0 Å². The first-order valence-electron chi connectivity index (χ1n) is 6.91. The standard InChI is InChI=1S/C15H20BrNO3/c1-20-11-6-7-12(14(18)8-11)15(19)17-9-10-4-2-3-5-13(10)16/h6-8,10,13,18H,2-5,9H2,1H3,(H,17,19). The number of hydrogen-bond donors (Lipinski definition) is 2. The van der Waals surface area contributed by atoms with Crippen LogP contribution in [0.15, 0.2) is 18.2 Å². The topological polar surface area (TPSA) is 58.6 Å². The number of amides is 1. The smallest absolute Gasteiger partial charge is 0.255 e. The molecule has 4 nitrogen and oxygen atoms in total. The quantitative estimate of drug-likeness (QED) is 0.827. The molecule has 2 unspecified atom stereocenters. The molecule has 0 bridgehead atoms. The van der Waals surface area contributed by atoms with Crippen LogP contribution in [0.4, 0.5) is 0 Å². The molecule has 20 heavy (non-hydrogen) atoms. The van der Waals surface area contributed by atoms with Crippen LogP contribution >= 0.6 is 15.9 Å². The average molecular weight is 342 g/mol. The van der Waals surface area contributed by atoms with Crippen LogP contribution in [0.1, 0.15) is 36.0 Å². The molecule has 0 spiro atoms. The second-order valence-electron chi connectivity index (χ2n) is 5.15. The first kappa shape index (κ1) is 15.2. The molecular formula is C15H20BrNO3. The molecule has 1 fully saturated rings. The van der Waals surface area contributed by atoms with E-state index in [2.05, 4.69) is 21.2 Å². The van der Waals surface area contributed by atoms with Crippen LogP contribution in [0.3, 0.4) is 0 Å². The Morgan fingerprint density at radius 2 is 2.20 bits per heavy atom. The number of nitrogens with one attached hydrogen (secondary N) is 1. The number of carbonyl (C=O) groups is 1. The summed E-state index contributed by atoms with van der Waals surface area (Å²) in [4.78, 5) is 12.6. The molecule has 0 radical (unpaired) electrons. The van der Waals surface area contributed by atoms with Gasteiger partial charge in [-0.25, -0.2) is 0 Å². The fourth-order valence-corrected chi connectivity index (χ4v) is 3.32. The van der Waals surface area contributed by atoms with E-state index in [0.29, 0.717) is 23.0 Å². The fourth-order valence-electron chi connectivity index (χ4n) is 2.54. The lowest BCUT2D eigenvalue weighted by molar-refractivity contribution is 0.0942. The minimum Gasteiger partial charge on any atom is -0.507 e. The van der Waals surface area contributed by atoms with Crippen LogP contribution in [0.5, 0.6) is 11.5 Å². The van der Waals surface area contributed by atoms with Gasteiger partial charge in [0.15, 0.2) is 0 Å². The number of phenolic OH excluding ortho intramolecular Hbond substituents is 1. The molecule has 1 aromatic carbocycles. The summed E-state index contributed by atoms with van der Waals surface area (Å²) in [6, 6.07) is 4.70.